The third-order valence-electron chi connectivity index (χ3n) is 3.04. The first-order valence-corrected chi connectivity index (χ1v) is 7.23. The van der Waals surface area contributed by atoms with Gasteiger partial charge in [-0.25, -0.2) is 0 Å². The molecule has 0 spiro atoms. The van der Waals surface area contributed by atoms with E-state index in [0.29, 0.717) is 11.3 Å². The zero-order chi connectivity index (χ0) is 13.0. The van der Waals surface area contributed by atoms with Gasteiger partial charge in [-0.1, -0.05) is 13.3 Å². The van der Waals surface area contributed by atoms with Crippen LogP contribution >= 0.6 is 11.3 Å². The molecule has 2 amide bonds. The van der Waals surface area contributed by atoms with E-state index in [1.807, 2.05) is 13.0 Å². The van der Waals surface area contributed by atoms with Gasteiger partial charge in [0.15, 0.2) is 0 Å². The molecule has 0 aromatic carbocycles. The van der Waals surface area contributed by atoms with Crippen LogP contribution in [-0.2, 0) is 17.6 Å². The maximum Gasteiger partial charge on any atom is 0.279 e. The molecule has 2 N–H and O–H groups in total. The first-order valence-electron chi connectivity index (χ1n) is 6.41. The summed E-state index contributed by atoms with van der Waals surface area (Å²) in [5.41, 5.74) is 6.21. The summed E-state index contributed by atoms with van der Waals surface area (Å²) in [6.45, 7) is 2.03. The fraction of sp³-hybridized carbons (Fsp3) is 0.538. The van der Waals surface area contributed by atoms with E-state index in [4.69, 9.17) is 0 Å². The van der Waals surface area contributed by atoms with Crippen molar-refractivity contribution in [2.45, 2.75) is 45.4 Å². The van der Waals surface area contributed by atoms with Crippen LogP contribution in [0.4, 0.5) is 0 Å². The normalized spacial score (nSPS) is 13.2. The molecule has 98 valence electrons. The molecule has 0 saturated carbocycles. The molecule has 1 aliphatic carbocycles. The molecule has 1 aliphatic rings. The zero-order valence-electron chi connectivity index (χ0n) is 10.5. The number of hydrogen-bond acceptors (Lipinski definition) is 3. The van der Waals surface area contributed by atoms with Gasteiger partial charge in [-0.2, -0.15) is 0 Å². The van der Waals surface area contributed by atoms with Crippen molar-refractivity contribution < 1.29 is 9.59 Å². The van der Waals surface area contributed by atoms with E-state index in [9.17, 15) is 9.59 Å². The standard InChI is InChI=1S/C13H18N2O2S/c1-2-3-7-12(16)14-15-13(17)11-8-9-5-4-6-10(9)18-11/h8H,2-7H2,1H3,(H,14,16)(H,15,17). The molecule has 2 rings (SSSR count). The van der Waals surface area contributed by atoms with Crippen LogP contribution in [0.1, 0.15) is 52.7 Å². The fourth-order valence-electron chi connectivity index (χ4n) is 2.03. The van der Waals surface area contributed by atoms with Gasteiger partial charge in [-0.3, -0.25) is 20.4 Å². The topological polar surface area (TPSA) is 58.2 Å². The van der Waals surface area contributed by atoms with Crippen molar-refractivity contribution in [2.24, 2.45) is 0 Å². The molecule has 0 fully saturated rings. The highest BCUT2D eigenvalue weighted by atomic mass is 32.1. The number of amides is 2. The van der Waals surface area contributed by atoms with Crippen LogP contribution in [0, 0.1) is 0 Å². The average Bonchev–Trinajstić information content (AvgIpc) is 2.93. The van der Waals surface area contributed by atoms with Gasteiger partial charge in [0.1, 0.15) is 0 Å². The molecule has 0 aliphatic heterocycles. The van der Waals surface area contributed by atoms with Gasteiger partial charge in [0, 0.05) is 11.3 Å². The number of carbonyl (C=O) groups is 2. The first kappa shape index (κ1) is 13.1. The lowest BCUT2D eigenvalue weighted by atomic mass is 10.2. The molecule has 1 aromatic rings. The number of aryl methyl sites for hydroxylation is 2. The van der Waals surface area contributed by atoms with E-state index in [1.54, 1.807) is 0 Å². The monoisotopic (exact) mass is 266 g/mol. The van der Waals surface area contributed by atoms with Crippen LogP contribution in [-0.4, -0.2) is 11.8 Å². The van der Waals surface area contributed by atoms with Gasteiger partial charge in [0.25, 0.3) is 5.91 Å². The van der Waals surface area contributed by atoms with E-state index in [2.05, 4.69) is 10.9 Å². The molecular formula is C13H18N2O2S. The molecule has 5 heteroatoms. The zero-order valence-corrected chi connectivity index (χ0v) is 11.4. The Labute approximate surface area is 111 Å². The predicted octanol–water partition coefficient (Wildman–Crippen LogP) is 2.19. The van der Waals surface area contributed by atoms with Crippen molar-refractivity contribution in [3.63, 3.8) is 0 Å². The highest BCUT2D eigenvalue weighted by molar-refractivity contribution is 7.14. The number of carbonyl (C=O) groups excluding carboxylic acids is 2. The number of hydrogen-bond donors (Lipinski definition) is 2. The fourth-order valence-corrected chi connectivity index (χ4v) is 3.18. The van der Waals surface area contributed by atoms with Gasteiger partial charge in [-0.05, 0) is 37.3 Å². The maximum atomic E-state index is 11.8. The smallest absolute Gasteiger partial charge is 0.273 e. The minimum Gasteiger partial charge on any atom is -0.273 e. The number of unbranched alkanes of at least 4 members (excludes halogenated alkanes) is 1. The van der Waals surface area contributed by atoms with E-state index in [-0.39, 0.29) is 11.8 Å². The van der Waals surface area contributed by atoms with Crippen molar-refractivity contribution in [1.29, 1.82) is 0 Å². The molecule has 18 heavy (non-hydrogen) atoms. The minimum atomic E-state index is -0.209. The van der Waals surface area contributed by atoms with Crippen LogP contribution in [0.3, 0.4) is 0 Å². The Hall–Kier alpha value is -1.36. The molecule has 4 nitrogen and oxygen atoms in total. The van der Waals surface area contributed by atoms with Gasteiger partial charge in [0.05, 0.1) is 4.88 Å². The van der Waals surface area contributed by atoms with E-state index < -0.39 is 0 Å². The van der Waals surface area contributed by atoms with Gasteiger partial charge < -0.3 is 0 Å². The maximum absolute atomic E-state index is 11.8. The van der Waals surface area contributed by atoms with Crippen LogP contribution in [0.2, 0.25) is 0 Å². The Kier molecular flexibility index (Phi) is 4.36. The number of fused-ring (bicyclic) bond motifs is 1. The molecule has 0 saturated heterocycles. The second-order valence-electron chi connectivity index (χ2n) is 4.52. The summed E-state index contributed by atoms with van der Waals surface area (Å²) in [5, 5.41) is 0. The van der Waals surface area contributed by atoms with Crippen LogP contribution in [0.15, 0.2) is 6.07 Å². The summed E-state index contributed by atoms with van der Waals surface area (Å²) in [4.78, 5) is 25.2. The van der Waals surface area contributed by atoms with Crippen molar-refractivity contribution in [2.75, 3.05) is 0 Å². The summed E-state index contributed by atoms with van der Waals surface area (Å²) < 4.78 is 0. The third kappa shape index (κ3) is 3.10. The van der Waals surface area contributed by atoms with Gasteiger partial charge >= 0.3 is 0 Å². The van der Waals surface area contributed by atoms with Crippen molar-refractivity contribution in [3.05, 3.63) is 21.4 Å². The second kappa shape index (κ2) is 6.00. The van der Waals surface area contributed by atoms with Crippen molar-refractivity contribution >= 4 is 23.2 Å². The Morgan fingerprint density at radius 1 is 1.33 bits per heavy atom. The molecule has 0 radical (unpaired) electrons. The molecule has 0 unspecified atom stereocenters. The molecule has 1 heterocycles. The lowest BCUT2D eigenvalue weighted by Crippen LogP contribution is -2.41. The number of thiophene rings is 1. The Balaban J connectivity index is 1.82. The summed E-state index contributed by atoms with van der Waals surface area (Å²) in [5.74, 6) is -0.339. The molecular weight excluding hydrogens is 248 g/mol. The van der Waals surface area contributed by atoms with Crippen LogP contribution in [0.5, 0.6) is 0 Å². The third-order valence-corrected chi connectivity index (χ3v) is 4.28. The highest BCUT2D eigenvalue weighted by Gasteiger charge is 2.18. The summed E-state index contributed by atoms with van der Waals surface area (Å²) in [7, 11) is 0. The summed E-state index contributed by atoms with van der Waals surface area (Å²) >= 11 is 1.54. The van der Waals surface area contributed by atoms with Gasteiger partial charge in [0.2, 0.25) is 5.91 Å². The number of rotatable bonds is 4. The average molecular weight is 266 g/mol. The second-order valence-corrected chi connectivity index (χ2v) is 5.66. The first-order chi connectivity index (χ1) is 8.70. The number of hydrazine groups is 1. The molecule has 1 aromatic heterocycles. The van der Waals surface area contributed by atoms with Crippen LogP contribution in [0.25, 0.3) is 0 Å². The van der Waals surface area contributed by atoms with E-state index in [0.717, 1.165) is 25.7 Å². The summed E-state index contributed by atoms with van der Waals surface area (Å²) in [6, 6.07) is 1.94. The molecule has 0 atom stereocenters. The van der Waals surface area contributed by atoms with Crippen LogP contribution < -0.4 is 10.9 Å². The lowest BCUT2D eigenvalue weighted by molar-refractivity contribution is -0.121. The lowest BCUT2D eigenvalue weighted by Gasteiger charge is -2.05. The Bertz CT molecular complexity index is 432. The quantitative estimate of drug-likeness (QED) is 0.821. The van der Waals surface area contributed by atoms with Gasteiger partial charge in [-0.15, -0.1) is 11.3 Å². The largest absolute Gasteiger partial charge is 0.279 e. The molecule has 0 bridgehead atoms. The summed E-state index contributed by atoms with van der Waals surface area (Å²) in [6.07, 6.45) is 5.61. The predicted molar refractivity (Wildman–Crippen MR) is 71.5 cm³/mol. The number of nitrogens with one attached hydrogen (secondary N) is 2. The Morgan fingerprint density at radius 2 is 2.17 bits per heavy atom. The Morgan fingerprint density at radius 3 is 2.89 bits per heavy atom. The van der Waals surface area contributed by atoms with E-state index in [1.165, 1.54) is 28.2 Å². The van der Waals surface area contributed by atoms with Crippen molar-refractivity contribution in [3.8, 4) is 0 Å². The SMILES string of the molecule is CCCCC(=O)NNC(=O)c1cc2c(s1)CCC2. The minimum absolute atomic E-state index is 0.130. The van der Waals surface area contributed by atoms with E-state index >= 15 is 0 Å². The van der Waals surface area contributed by atoms with Crippen molar-refractivity contribution in [1.82, 2.24) is 10.9 Å². The highest BCUT2D eigenvalue weighted by Crippen LogP contribution is 2.30.